The van der Waals surface area contributed by atoms with E-state index in [1.807, 2.05) is 30.3 Å². The minimum atomic E-state index is -1.67. The summed E-state index contributed by atoms with van der Waals surface area (Å²) >= 11 is 0. The zero-order chi connectivity index (χ0) is 14.6. The van der Waals surface area contributed by atoms with E-state index in [2.05, 4.69) is 0 Å². The number of carboxylic acid groups (broad SMARTS) is 1. The fourth-order valence-electron chi connectivity index (χ4n) is 2.39. The van der Waals surface area contributed by atoms with Crippen LogP contribution in [0.25, 0.3) is 0 Å². The number of amides is 1. The van der Waals surface area contributed by atoms with E-state index in [0.717, 1.165) is 5.56 Å². The molecule has 1 amide bonds. The highest BCUT2D eigenvalue weighted by Gasteiger charge is 2.40. The van der Waals surface area contributed by atoms with Gasteiger partial charge >= 0.3 is 5.97 Å². The summed E-state index contributed by atoms with van der Waals surface area (Å²) in [5, 5.41) is 18.7. The second kappa shape index (κ2) is 6.05. The van der Waals surface area contributed by atoms with E-state index >= 15 is 0 Å². The van der Waals surface area contributed by atoms with Crippen molar-refractivity contribution < 1.29 is 19.8 Å². The molecular weight excluding hydrogens is 258 g/mol. The van der Waals surface area contributed by atoms with Crippen LogP contribution in [0.5, 0.6) is 0 Å². The number of aliphatic carboxylic acids is 1. The molecule has 5 heteroatoms. The van der Waals surface area contributed by atoms with Crippen molar-refractivity contribution in [1.82, 2.24) is 4.90 Å². The lowest BCUT2D eigenvalue weighted by molar-refractivity contribution is -0.165. The molecule has 1 fully saturated rings. The van der Waals surface area contributed by atoms with Crippen LogP contribution in [-0.2, 0) is 16.0 Å². The van der Waals surface area contributed by atoms with Crippen molar-refractivity contribution in [3.05, 3.63) is 35.9 Å². The van der Waals surface area contributed by atoms with Gasteiger partial charge in [-0.05, 0) is 12.0 Å². The normalized spacial score (nSPS) is 17.8. The number of hydrogen-bond donors (Lipinski definition) is 2. The Balaban J connectivity index is 1.82. The lowest BCUT2D eigenvalue weighted by atomic mass is 9.91. The van der Waals surface area contributed by atoms with Crippen LogP contribution in [0, 0.1) is 0 Å². The van der Waals surface area contributed by atoms with Crippen molar-refractivity contribution in [2.45, 2.75) is 31.3 Å². The quantitative estimate of drug-likeness (QED) is 0.862. The Kier molecular flexibility index (Phi) is 4.39. The summed E-state index contributed by atoms with van der Waals surface area (Å²) in [5.74, 6) is -1.19. The first-order chi connectivity index (χ1) is 9.51. The van der Waals surface area contributed by atoms with Crippen LogP contribution in [0.2, 0.25) is 0 Å². The van der Waals surface area contributed by atoms with Crippen molar-refractivity contribution in [3.8, 4) is 0 Å². The lowest BCUT2D eigenvalue weighted by Crippen LogP contribution is -2.50. The van der Waals surface area contributed by atoms with Gasteiger partial charge in [-0.1, -0.05) is 30.3 Å². The van der Waals surface area contributed by atoms with Crippen LogP contribution >= 0.6 is 0 Å². The highest BCUT2D eigenvalue weighted by molar-refractivity contribution is 5.79. The van der Waals surface area contributed by atoms with Crippen molar-refractivity contribution >= 4 is 11.9 Å². The Morgan fingerprint density at radius 3 is 2.30 bits per heavy atom. The zero-order valence-electron chi connectivity index (χ0n) is 11.3. The molecule has 5 nitrogen and oxygen atoms in total. The smallest absolute Gasteiger partial charge is 0.335 e. The molecule has 0 spiro atoms. The molecule has 1 aliphatic heterocycles. The predicted molar refractivity (Wildman–Crippen MR) is 73.2 cm³/mol. The molecule has 20 heavy (non-hydrogen) atoms. The predicted octanol–water partition coefficient (Wildman–Crippen LogP) is 1.06. The van der Waals surface area contributed by atoms with Crippen LogP contribution in [0.15, 0.2) is 30.3 Å². The number of carbonyl (C=O) groups is 2. The molecule has 108 valence electrons. The average Bonchev–Trinajstić information content (AvgIpc) is 2.46. The summed E-state index contributed by atoms with van der Waals surface area (Å²) in [6.07, 6.45) is 1.29. The van der Waals surface area contributed by atoms with Crippen molar-refractivity contribution in [2.24, 2.45) is 0 Å². The molecule has 2 N–H and O–H groups in total. The van der Waals surface area contributed by atoms with Gasteiger partial charge in [-0.15, -0.1) is 0 Å². The summed E-state index contributed by atoms with van der Waals surface area (Å²) in [7, 11) is 0. The van der Waals surface area contributed by atoms with Crippen LogP contribution in [0.4, 0.5) is 0 Å². The van der Waals surface area contributed by atoms with E-state index in [4.69, 9.17) is 5.11 Å². The number of piperidine rings is 1. The molecule has 1 heterocycles. The third-order valence-electron chi connectivity index (χ3n) is 3.81. The number of benzene rings is 1. The maximum Gasteiger partial charge on any atom is 0.335 e. The number of rotatable bonds is 4. The van der Waals surface area contributed by atoms with Gasteiger partial charge < -0.3 is 15.1 Å². The maximum atomic E-state index is 12.0. The van der Waals surface area contributed by atoms with Gasteiger partial charge in [-0.3, -0.25) is 4.79 Å². The highest BCUT2D eigenvalue weighted by Crippen LogP contribution is 2.23. The maximum absolute atomic E-state index is 12.0. The second-order valence-electron chi connectivity index (χ2n) is 5.20. The van der Waals surface area contributed by atoms with Gasteiger partial charge in [0.25, 0.3) is 0 Å². The van der Waals surface area contributed by atoms with E-state index in [1.165, 1.54) is 0 Å². The number of carboxylic acids is 1. The number of aryl methyl sites for hydroxylation is 1. The number of nitrogens with zero attached hydrogens (tertiary/aromatic N) is 1. The second-order valence-corrected chi connectivity index (χ2v) is 5.20. The molecule has 0 aliphatic carbocycles. The Labute approximate surface area is 117 Å². The summed E-state index contributed by atoms with van der Waals surface area (Å²) in [6, 6.07) is 9.77. The number of carbonyl (C=O) groups excluding carboxylic acids is 1. The first kappa shape index (κ1) is 14.5. The van der Waals surface area contributed by atoms with Gasteiger partial charge in [0.1, 0.15) is 0 Å². The Bertz CT molecular complexity index is 478. The van der Waals surface area contributed by atoms with E-state index in [-0.39, 0.29) is 18.7 Å². The summed E-state index contributed by atoms with van der Waals surface area (Å²) in [6.45, 7) is 0.604. The lowest BCUT2D eigenvalue weighted by Gasteiger charge is -2.35. The third kappa shape index (κ3) is 3.36. The van der Waals surface area contributed by atoms with Gasteiger partial charge in [0.2, 0.25) is 5.91 Å². The number of hydrogen-bond acceptors (Lipinski definition) is 3. The highest BCUT2D eigenvalue weighted by atomic mass is 16.4. The average molecular weight is 277 g/mol. The largest absolute Gasteiger partial charge is 0.479 e. The van der Waals surface area contributed by atoms with Crippen LogP contribution in [0.1, 0.15) is 24.8 Å². The van der Waals surface area contributed by atoms with Crippen LogP contribution in [0.3, 0.4) is 0 Å². The topological polar surface area (TPSA) is 77.8 Å². The fraction of sp³-hybridized carbons (Fsp3) is 0.467. The van der Waals surface area contributed by atoms with Gasteiger partial charge in [0.15, 0.2) is 5.60 Å². The molecule has 0 unspecified atom stereocenters. The van der Waals surface area contributed by atoms with Crippen molar-refractivity contribution in [1.29, 1.82) is 0 Å². The molecular formula is C15H19NO4. The standard InChI is InChI=1S/C15H19NO4/c17-13(7-6-12-4-2-1-3-5-12)16-10-8-15(20,9-11-16)14(18)19/h1-5,20H,6-11H2,(H,18,19). The molecule has 0 saturated carbocycles. The minimum Gasteiger partial charge on any atom is -0.479 e. The minimum absolute atomic E-state index is 0.0151. The van der Waals surface area contributed by atoms with Gasteiger partial charge in [-0.2, -0.15) is 0 Å². The molecule has 1 saturated heterocycles. The van der Waals surface area contributed by atoms with E-state index in [9.17, 15) is 14.7 Å². The van der Waals surface area contributed by atoms with Crippen molar-refractivity contribution in [2.75, 3.05) is 13.1 Å². The molecule has 1 aromatic rings. The summed E-state index contributed by atoms with van der Waals surface area (Å²) < 4.78 is 0. The van der Waals surface area contributed by atoms with Crippen molar-refractivity contribution in [3.63, 3.8) is 0 Å². The molecule has 1 aliphatic rings. The molecule has 0 bridgehead atoms. The third-order valence-corrected chi connectivity index (χ3v) is 3.81. The zero-order valence-corrected chi connectivity index (χ0v) is 11.3. The summed E-state index contributed by atoms with van der Waals surface area (Å²) in [5.41, 5.74) is -0.559. The molecule has 2 rings (SSSR count). The summed E-state index contributed by atoms with van der Waals surface area (Å²) in [4.78, 5) is 24.6. The van der Waals surface area contributed by atoms with E-state index in [0.29, 0.717) is 25.9 Å². The Hall–Kier alpha value is -1.88. The van der Waals surface area contributed by atoms with Gasteiger partial charge in [0, 0.05) is 32.4 Å². The van der Waals surface area contributed by atoms with E-state index in [1.54, 1.807) is 4.90 Å². The van der Waals surface area contributed by atoms with E-state index < -0.39 is 11.6 Å². The molecule has 0 atom stereocenters. The van der Waals surface area contributed by atoms with Gasteiger partial charge in [-0.25, -0.2) is 4.79 Å². The SMILES string of the molecule is O=C(CCc1ccccc1)N1CCC(O)(C(=O)O)CC1. The first-order valence-corrected chi connectivity index (χ1v) is 6.79. The number of aliphatic hydroxyl groups is 1. The first-order valence-electron chi connectivity index (χ1n) is 6.79. The Morgan fingerprint density at radius 1 is 1.15 bits per heavy atom. The fourth-order valence-corrected chi connectivity index (χ4v) is 2.39. The Morgan fingerprint density at radius 2 is 1.75 bits per heavy atom. The monoisotopic (exact) mass is 277 g/mol. The molecule has 1 aromatic carbocycles. The molecule has 0 aromatic heterocycles. The van der Waals surface area contributed by atoms with Crippen LogP contribution < -0.4 is 0 Å². The van der Waals surface area contributed by atoms with Gasteiger partial charge in [0.05, 0.1) is 0 Å². The number of likely N-dealkylation sites (tertiary alicyclic amines) is 1. The van der Waals surface area contributed by atoms with Crippen LogP contribution in [-0.4, -0.2) is 45.7 Å². The molecule has 0 radical (unpaired) electrons.